The Hall–Kier alpha value is -0.940. The van der Waals surface area contributed by atoms with E-state index in [9.17, 15) is 0 Å². The highest BCUT2D eigenvalue weighted by Gasteiger charge is 2.25. The third kappa shape index (κ3) is 4.01. The summed E-state index contributed by atoms with van der Waals surface area (Å²) in [7, 11) is 0. The van der Waals surface area contributed by atoms with Gasteiger partial charge in [0.2, 0.25) is 5.88 Å². The predicted molar refractivity (Wildman–Crippen MR) is 78.7 cm³/mol. The Balaban J connectivity index is 2.03. The van der Waals surface area contributed by atoms with Gasteiger partial charge in [0.25, 0.3) is 0 Å². The zero-order valence-corrected chi connectivity index (χ0v) is 12.6. The summed E-state index contributed by atoms with van der Waals surface area (Å²) in [4.78, 5) is 4.50. The van der Waals surface area contributed by atoms with Gasteiger partial charge in [-0.2, -0.15) is 0 Å². The van der Waals surface area contributed by atoms with Crippen molar-refractivity contribution in [2.45, 2.75) is 43.6 Å². The summed E-state index contributed by atoms with van der Waals surface area (Å²) < 4.78 is 11.2. The first-order chi connectivity index (χ1) is 9.06. The highest BCUT2D eigenvalue weighted by atomic mass is 32.2. The second-order valence-corrected chi connectivity index (χ2v) is 6.53. The largest absolute Gasteiger partial charge is 0.476 e. The average Bonchev–Trinajstić information content (AvgIpc) is 2.75. The summed E-state index contributed by atoms with van der Waals surface area (Å²) in [6.45, 7) is 7.79. The van der Waals surface area contributed by atoms with Crippen molar-refractivity contribution in [1.82, 2.24) is 4.98 Å². The van der Waals surface area contributed by atoms with Crippen LogP contribution < -0.4 is 10.5 Å². The first-order valence-electron chi connectivity index (χ1n) is 6.74. The van der Waals surface area contributed by atoms with Gasteiger partial charge >= 0.3 is 0 Å². The summed E-state index contributed by atoms with van der Waals surface area (Å²) in [6.07, 6.45) is 1.35. The monoisotopic (exact) mass is 282 g/mol. The van der Waals surface area contributed by atoms with Crippen LogP contribution in [0.4, 0.5) is 5.69 Å². The molecule has 2 atom stereocenters. The molecule has 1 saturated heterocycles. The van der Waals surface area contributed by atoms with E-state index in [1.165, 1.54) is 0 Å². The lowest BCUT2D eigenvalue weighted by Gasteiger charge is -2.15. The van der Waals surface area contributed by atoms with Gasteiger partial charge < -0.3 is 15.2 Å². The highest BCUT2D eigenvalue weighted by molar-refractivity contribution is 7.99. The van der Waals surface area contributed by atoms with E-state index in [2.05, 4.69) is 25.8 Å². The van der Waals surface area contributed by atoms with Crippen molar-refractivity contribution < 1.29 is 9.47 Å². The zero-order chi connectivity index (χ0) is 13.8. The van der Waals surface area contributed by atoms with Crippen LogP contribution >= 0.6 is 11.8 Å². The number of thioether (sulfide) groups is 1. The molecule has 1 aromatic heterocycles. The molecule has 1 aliphatic rings. The third-order valence-electron chi connectivity index (χ3n) is 3.00. The number of ether oxygens (including phenoxy) is 2. The van der Waals surface area contributed by atoms with Crippen LogP contribution in [0.5, 0.6) is 5.88 Å². The summed E-state index contributed by atoms with van der Waals surface area (Å²) in [5.74, 6) is 1.01. The lowest BCUT2D eigenvalue weighted by Crippen LogP contribution is -2.13. The topological polar surface area (TPSA) is 57.4 Å². The van der Waals surface area contributed by atoms with Crippen LogP contribution in [0.25, 0.3) is 0 Å². The molecule has 2 N–H and O–H groups in total. The number of nitrogen functional groups attached to an aromatic ring is 1. The minimum atomic E-state index is 0.282. The van der Waals surface area contributed by atoms with Crippen molar-refractivity contribution in [3.8, 4) is 5.88 Å². The Bertz CT molecular complexity index is 426. The van der Waals surface area contributed by atoms with E-state index in [-0.39, 0.29) is 6.10 Å². The summed E-state index contributed by atoms with van der Waals surface area (Å²) in [6, 6.07) is 3.82. The molecule has 0 bridgehead atoms. The van der Waals surface area contributed by atoms with Gasteiger partial charge in [-0.1, -0.05) is 13.8 Å². The van der Waals surface area contributed by atoms with Crippen LogP contribution in [0.3, 0.4) is 0 Å². The Labute approximate surface area is 119 Å². The Morgan fingerprint density at radius 1 is 1.53 bits per heavy atom. The highest BCUT2D eigenvalue weighted by Crippen LogP contribution is 2.33. The number of hydrogen-bond acceptors (Lipinski definition) is 5. The maximum Gasteiger partial charge on any atom is 0.238 e. The fourth-order valence-corrected chi connectivity index (χ4v) is 2.96. The third-order valence-corrected chi connectivity index (χ3v) is 4.39. The molecule has 0 aliphatic carbocycles. The standard InChI is InChI=1S/C14H22N2O2S/c1-9(2)8-18-14-11(15)4-5-13(16-14)19-12-6-7-17-10(12)3/h4-5,9-10,12H,6-8,15H2,1-3H3. The van der Waals surface area contributed by atoms with E-state index in [4.69, 9.17) is 15.2 Å². The Morgan fingerprint density at radius 3 is 2.95 bits per heavy atom. The van der Waals surface area contributed by atoms with Gasteiger partial charge in [0, 0.05) is 11.9 Å². The number of aromatic nitrogens is 1. The molecule has 2 heterocycles. The molecule has 5 heteroatoms. The quantitative estimate of drug-likeness (QED) is 0.899. The molecular weight excluding hydrogens is 260 g/mol. The van der Waals surface area contributed by atoms with Crippen LogP contribution in [0.2, 0.25) is 0 Å². The first-order valence-corrected chi connectivity index (χ1v) is 7.62. The summed E-state index contributed by atoms with van der Waals surface area (Å²) >= 11 is 1.74. The first kappa shape index (κ1) is 14.5. The maximum absolute atomic E-state index is 5.89. The molecule has 0 saturated carbocycles. The number of rotatable bonds is 5. The van der Waals surface area contributed by atoms with Crippen LogP contribution in [-0.2, 0) is 4.74 Å². The summed E-state index contributed by atoms with van der Waals surface area (Å²) in [5, 5.41) is 1.42. The fraction of sp³-hybridized carbons (Fsp3) is 0.643. The second-order valence-electron chi connectivity index (χ2n) is 5.27. The van der Waals surface area contributed by atoms with Crippen molar-refractivity contribution in [2.75, 3.05) is 18.9 Å². The minimum Gasteiger partial charge on any atom is -0.476 e. The molecule has 1 aromatic rings. The van der Waals surface area contributed by atoms with E-state index in [1.807, 2.05) is 12.1 Å². The smallest absolute Gasteiger partial charge is 0.238 e. The molecule has 2 unspecified atom stereocenters. The second kappa shape index (κ2) is 6.48. The van der Waals surface area contributed by atoms with Gasteiger partial charge in [0.1, 0.15) is 5.03 Å². The number of nitrogens with two attached hydrogens (primary N) is 1. The Morgan fingerprint density at radius 2 is 2.32 bits per heavy atom. The normalized spacial score (nSPS) is 22.9. The minimum absolute atomic E-state index is 0.282. The van der Waals surface area contributed by atoms with Gasteiger partial charge in [-0.25, -0.2) is 4.98 Å². The molecule has 1 fully saturated rings. The molecule has 1 aliphatic heterocycles. The van der Waals surface area contributed by atoms with Crippen molar-refractivity contribution >= 4 is 17.4 Å². The molecule has 2 rings (SSSR count). The predicted octanol–water partition coefficient (Wildman–Crippen LogP) is 2.97. The SMILES string of the molecule is CC(C)COc1nc(SC2CCOC2C)ccc1N. The molecule has 4 nitrogen and oxygen atoms in total. The maximum atomic E-state index is 5.89. The van der Waals surface area contributed by atoms with Crippen molar-refractivity contribution in [1.29, 1.82) is 0 Å². The lowest BCUT2D eigenvalue weighted by atomic mass is 10.2. The van der Waals surface area contributed by atoms with Crippen molar-refractivity contribution in [3.05, 3.63) is 12.1 Å². The number of hydrogen-bond donors (Lipinski definition) is 1. The number of pyridine rings is 1. The molecule has 0 radical (unpaired) electrons. The van der Waals surface area contributed by atoms with Gasteiger partial charge in [0.05, 0.1) is 18.4 Å². The molecule has 19 heavy (non-hydrogen) atoms. The van der Waals surface area contributed by atoms with E-state index >= 15 is 0 Å². The molecule has 0 aromatic carbocycles. The van der Waals surface area contributed by atoms with Gasteiger partial charge in [0.15, 0.2) is 0 Å². The van der Waals surface area contributed by atoms with E-state index in [1.54, 1.807) is 11.8 Å². The lowest BCUT2D eigenvalue weighted by molar-refractivity contribution is 0.127. The molecule has 106 valence electrons. The average molecular weight is 282 g/mol. The van der Waals surface area contributed by atoms with E-state index in [0.717, 1.165) is 18.1 Å². The molecule has 0 spiro atoms. The number of anilines is 1. The van der Waals surface area contributed by atoms with E-state index in [0.29, 0.717) is 29.3 Å². The fourth-order valence-electron chi connectivity index (χ4n) is 1.88. The van der Waals surface area contributed by atoms with Crippen LogP contribution in [0.1, 0.15) is 27.2 Å². The van der Waals surface area contributed by atoms with Crippen LogP contribution in [-0.4, -0.2) is 29.6 Å². The van der Waals surface area contributed by atoms with Crippen LogP contribution in [0.15, 0.2) is 17.2 Å². The molecular formula is C14H22N2O2S. The Kier molecular flexibility index (Phi) is 4.93. The van der Waals surface area contributed by atoms with Crippen molar-refractivity contribution in [2.24, 2.45) is 5.92 Å². The zero-order valence-electron chi connectivity index (χ0n) is 11.8. The van der Waals surface area contributed by atoms with Gasteiger partial charge in [-0.05, 0) is 31.4 Å². The molecule has 0 amide bonds. The van der Waals surface area contributed by atoms with Gasteiger partial charge in [-0.15, -0.1) is 11.8 Å². The van der Waals surface area contributed by atoms with E-state index < -0.39 is 0 Å². The summed E-state index contributed by atoms with van der Waals surface area (Å²) in [5.41, 5.74) is 6.49. The van der Waals surface area contributed by atoms with Gasteiger partial charge in [-0.3, -0.25) is 0 Å². The van der Waals surface area contributed by atoms with Crippen LogP contribution in [0, 0.1) is 5.92 Å². The van der Waals surface area contributed by atoms with Crippen molar-refractivity contribution in [3.63, 3.8) is 0 Å². The number of nitrogens with zero attached hydrogens (tertiary/aromatic N) is 1.